The Morgan fingerprint density at radius 3 is 2.55 bits per heavy atom. The van der Waals surface area contributed by atoms with Crippen molar-refractivity contribution in [3.63, 3.8) is 0 Å². The van der Waals surface area contributed by atoms with Crippen molar-refractivity contribution in [2.45, 2.75) is 25.7 Å². The Hall–Kier alpha value is -2.44. The normalized spacial score (nSPS) is 14.8. The van der Waals surface area contributed by atoms with E-state index in [9.17, 15) is 18.8 Å². The van der Waals surface area contributed by atoms with Gasteiger partial charge in [-0.3, -0.25) is 9.59 Å². The van der Waals surface area contributed by atoms with Gasteiger partial charge in [0.1, 0.15) is 0 Å². The number of phenols is 1. The standard InChI is InChI=1S/C13H12FNO5/c14-9-7-8(1-3-10(9)16)2-6-13(19)20-15-11(17)4-5-12(15)18/h1,3,7,16H,2,4-6H2. The quantitative estimate of drug-likeness (QED) is 0.835. The molecule has 1 aliphatic heterocycles. The first-order valence-corrected chi connectivity index (χ1v) is 6.01. The minimum absolute atomic E-state index is 0.0370. The maximum Gasteiger partial charge on any atom is 0.333 e. The van der Waals surface area contributed by atoms with E-state index in [2.05, 4.69) is 4.84 Å². The Balaban J connectivity index is 1.87. The minimum atomic E-state index is -0.777. The highest BCUT2D eigenvalue weighted by Crippen LogP contribution is 2.18. The fraction of sp³-hybridized carbons (Fsp3) is 0.308. The number of carbonyl (C=O) groups excluding carboxylic acids is 3. The van der Waals surface area contributed by atoms with Crippen LogP contribution >= 0.6 is 0 Å². The molecule has 1 aromatic rings. The van der Waals surface area contributed by atoms with Gasteiger partial charge >= 0.3 is 5.97 Å². The number of aryl methyl sites for hydroxylation is 1. The number of halogens is 1. The summed E-state index contributed by atoms with van der Waals surface area (Å²) >= 11 is 0. The lowest BCUT2D eigenvalue weighted by Gasteiger charge is -2.12. The van der Waals surface area contributed by atoms with Crippen molar-refractivity contribution in [3.05, 3.63) is 29.6 Å². The number of nitrogens with zero attached hydrogens (tertiary/aromatic N) is 1. The van der Waals surface area contributed by atoms with Gasteiger partial charge in [-0.1, -0.05) is 6.07 Å². The van der Waals surface area contributed by atoms with Crippen LogP contribution in [-0.4, -0.2) is 28.0 Å². The fourth-order valence-electron chi connectivity index (χ4n) is 1.76. The molecule has 2 rings (SSSR count). The number of hydrogen-bond acceptors (Lipinski definition) is 5. The Bertz CT molecular complexity index is 556. The van der Waals surface area contributed by atoms with Gasteiger partial charge in [-0.15, -0.1) is 5.06 Å². The topological polar surface area (TPSA) is 83.9 Å². The zero-order valence-electron chi connectivity index (χ0n) is 10.5. The second-order valence-corrected chi connectivity index (χ2v) is 4.33. The van der Waals surface area contributed by atoms with Crippen LogP contribution in [0.1, 0.15) is 24.8 Å². The molecule has 20 heavy (non-hydrogen) atoms. The Labute approximate surface area is 113 Å². The Kier molecular flexibility index (Phi) is 3.97. The Morgan fingerprint density at radius 2 is 1.95 bits per heavy atom. The number of benzene rings is 1. The minimum Gasteiger partial charge on any atom is -0.505 e. The molecule has 1 aliphatic rings. The van der Waals surface area contributed by atoms with E-state index in [1.54, 1.807) is 0 Å². The van der Waals surface area contributed by atoms with Gasteiger partial charge in [0, 0.05) is 12.8 Å². The molecule has 0 radical (unpaired) electrons. The third-order valence-electron chi connectivity index (χ3n) is 2.83. The van der Waals surface area contributed by atoms with Crippen molar-refractivity contribution < 1.29 is 28.7 Å². The summed E-state index contributed by atoms with van der Waals surface area (Å²) in [4.78, 5) is 38.6. The lowest BCUT2D eigenvalue weighted by atomic mass is 10.1. The molecule has 0 aliphatic carbocycles. The molecule has 1 fully saturated rings. The lowest BCUT2D eigenvalue weighted by Crippen LogP contribution is -2.32. The first-order chi connectivity index (χ1) is 9.47. The monoisotopic (exact) mass is 281 g/mol. The van der Waals surface area contributed by atoms with Gasteiger partial charge in [0.05, 0.1) is 6.42 Å². The molecular weight excluding hydrogens is 269 g/mol. The summed E-state index contributed by atoms with van der Waals surface area (Å²) in [6, 6.07) is 3.76. The van der Waals surface area contributed by atoms with E-state index in [0.29, 0.717) is 10.6 Å². The highest BCUT2D eigenvalue weighted by molar-refractivity contribution is 6.01. The molecule has 1 N–H and O–H groups in total. The van der Waals surface area contributed by atoms with Crippen LogP contribution in [-0.2, 0) is 25.6 Å². The molecule has 1 heterocycles. The molecule has 106 valence electrons. The summed E-state index contributed by atoms with van der Waals surface area (Å²) in [6.07, 6.45) is 0.137. The van der Waals surface area contributed by atoms with Crippen LogP contribution in [0.2, 0.25) is 0 Å². The predicted octanol–water partition coefficient (Wildman–Crippen LogP) is 1.07. The van der Waals surface area contributed by atoms with Crippen LogP contribution in [0, 0.1) is 5.82 Å². The number of hydrogen-bond donors (Lipinski definition) is 1. The Morgan fingerprint density at radius 1 is 1.30 bits per heavy atom. The van der Waals surface area contributed by atoms with Crippen molar-refractivity contribution in [2.24, 2.45) is 0 Å². The molecule has 1 aromatic carbocycles. The molecule has 6 nitrogen and oxygen atoms in total. The van der Waals surface area contributed by atoms with E-state index in [4.69, 9.17) is 5.11 Å². The van der Waals surface area contributed by atoms with Crippen LogP contribution in [0.4, 0.5) is 4.39 Å². The van der Waals surface area contributed by atoms with Crippen LogP contribution in [0.3, 0.4) is 0 Å². The highest BCUT2D eigenvalue weighted by atomic mass is 19.1. The number of carbonyl (C=O) groups is 3. The van der Waals surface area contributed by atoms with Crippen molar-refractivity contribution in [1.29, 1.82) is 0 Å². The summed E-state index contributed by atoms with van der Waals surface area (Å²) in [5, 5.41) is 9.49. The average Bonchev–Trinajstić information content (AvgIpc) is 2.72. The zero-order chi connectivity index (χ0) is 14.7. The van der Waals surface area contributed by atoms with Crippen molar-refractivity contribution in [3.8, 4) is 5.75 Å². The average molecular weight is 281 g/mol. The van der Waals surface area contributed by atoms with Gasteiger partial charge in [0.15, 0.2) is 11.6 Å². The summed E-state index contributed by atoms with van der Waals surface area (Å²) in [7, 11) is 0. The number of hydroxylamine groups is 2. The summed E-state index contributed by atoms with van der Waals surface area (Å²) in [5.41, 5.74) is 0.497. The first kappa shape index (κ1) is 14.0. The molecule has 2 amide bonds. The number of amides is 2. The van der Waals surface area contributed by atoms with Gasteiger partial charge in [0.2, 0.25) is 0 Å². The third-order valence-corrected chi connectivity index (χ3v) is 2.83. The smallest absolute Gasteiger partial charge is 0.333 e. The van der Waals surface area contributed by atoms with E-state index in [0.717, 1.165) is 6.07 Å². The molecule has 1 saturated heterocycles. The molecule has 0 saturated carbocycles. The number of aromatic hydroxyl groups is 1. The van der Waals surface area contributed by atoms with Crippen LogP contribution < -0.4 is 0 Å². The van der Waals surface area contributed by atoms with Gasteiger partial charge in [-0.05, 0) is 24.1 Å². The fourth-order valence-corrected chi connectivity index (χ4v) is 1.76. The predicted molar refractivity (Wildman–Crippen MR) is 63.6 cm³/mol. The molecule has 7 heteroatoms. The number of imide groups is 1. The SMILES string of the molecule is O=C(CCc1ccc(O)c(F)c1)ON1C(=O)CCC1=O. The maximum atomic E-state index is 13.1. The summed E-state index contributed by atoms with van der Waals surface area (Å²) < 4.78 is 13.1. The largest absolute Gasteiger partial charge is 0.505 e. The molecule has 0 spiro atoms. The van der Waals surface area contributed by atoms with Crippen molar-refractivity contribution in [1.82, 2.24) is 5.06 Å². The number of phenolic OH excluding ortho intramolecular Hbond substituents is 1. The molecule has 0 bridgehead atoms. The van der Waals surface area contributed by atoms with Gasteiger partial charge in [-0.25, -0.2) is 9.18 Å². The van der Waals surface area contributed by atoms with Gasteiger partial charge in [0.25, 0.3) is 11.8 Å². The summed E-state index contributed by atoms with van der Waals surface area (Å²) in [5.74, 6) is -3.08. The van der Waals surface area contributed by atoms with Crippen LogP contribution in [0.15, 0.2) is 18.2 Å². The third kappa shape index (κ3) is 3.11. The van der Waals surface area contributed by atoms with Crippen molar-refractivity contribution in [2.75, 3.05) is 0 Å². The molecule has 0 atom stereocenters. The number of rotatable bonds is 4. The summed E-state index contributed by atoms with van der Waals surface area (Å²) in [6.45, 7) is 0. The van der Waals surface area contributed by atoms with E-state index < -0.39 is 29.4 Å². The highest BCUT2D eigenvalue weighted by Gasteiger charge is 2.32. The molecular formula is C13H12FNO5. The van der Waals surface area contributed by atoms with Crippen molar-refractivity contribution >= 4 is 17.8 Å². The van der Waals surface area contributed by atoms with E-state index in [1.165, 1.54) is 12.1 Å². The van der Waals surface area contributed by atoms with Crippen LogP contribution in [0.25, 0.3) is 0 Å². The zero-order valence-corrected chi connectivity index (χ0v) is 10.5. The molecule has 0 aromatic heterocycles. The second-order valence-electron chi connectivity index (χ2n) is 4.33. The van der Waals surface area contributed by atoms with E-state index in [1.807, 2.05) is 0 Å². The lowest BCUT2D eigenvalue weighted by molar-refractivity contribution is -0.197. The van der Waals surface area contributed by atoms with E-state index >= 15 is 0 Å². The van der Waals surface area contributed by atoms with Crippen LogP contribution in [0.5, 0.6) is 5.75 Å². The second kappa shape index (κ2) is 5.68. The first-order valence-electron chi connectivity index (χ1n) is 6.01. The van der Waals surface area contributed by atoms with E-state index in [-0.39, 0.29) is 25.7 Å². The maximum absolute atomic E-state index is 13.1. The molecule has 0 unspecified atom stereocenters. The van der Waals surface area contributed by atoms with Gasteiger partial charge in [-0.2, -0.15) is 0 Å². The van der Waals surface area contributed by atoms with Gasteiger partial charge < -0.3 is 9.94 Å².